The van der Waals surface area contributed by atoms with Crippen LogP contribution in [-0.2, 0) is 9.59 Å². The van der Waals surface area contributed by atoms with E-state index in [-0.39, 0.29) is 11.3 Å². The lowest BCUT2D eigenvalue weighted by Gasteiger charge is -2.46. The van der Waals surface area contributed by atoms with E-state index in [1.807, 2.05) is 31.4 Å². The van der Waals surface area contributed by atoms with Crippen LogP contribution in [0.5, 0.6) is 0 Å². The zero-order valence-electron chi connectivity index (χ0n) is 17.5. The van der Waals surface area contributed by atoms with Crippen LogP contribution in [0.1, 0.15) is 60.3 Å². The van der Waals surface area contributed by atoms with Crippen molar-refractivity contribution >= 4 is 28.7 Å². The van der Waals surface area contributed by atoms with Gasteiger partial charge in [0.25, 0.3) is 0 Å². The highest BCUT2D eigenvalue weighted by molar-refractivity contribution is 7.14. The number of anilines is 1. The number of aldehydes is 1. The number of pyridine rings is 1. The quantitative estimate of drug-likeness (QED) is 0.416. The number of nitrogens with one attached hydrogen (secondary N) is 1. The zero-order valence-corrected chi connectivity index (χ0v) is 18.3. The van der Waals surface area contributed by atoms with E-state index < -0.39 is 5.41 Å². The Kier molecular flexibility index (Phi) is 7.47. The summed E-state index contributed by atoms with van der Waals surface area (Å²) in [4.78, 5) is 32.4. The van der Waals surface area contributed by atoms with Crippen molar-refractivity contribution in [1.82, 2.24) is 9.97 Å². The molecule has 0 bridgehead atoms. The van der Waals surface area contributed by atoms with Crippen LogP contribution in [0.3, 0.4) is 0 Å². The van der Waals surface area contributed by atoms with Crippen LogP contribution in [0, 0.1) is 16.7 Å². The lowest BCUT2D eigenvalue weighted by Crippen LogP contribution is -2.47. The van der Waals surface area contributed by atoms with E-state index in [9.17, 15) is 9.59 Å². The monoisotopic (exact) mass is 401 g/mol. The minimum atomic E-state index is -0.579. The Labute approximate surface area is 172 Å². The second kappa shape index (κ2) is 9.41. The number of carbonyl (C=O) groups excluding carboxylic acids is 2. The van der Waals surface area contributed by atoms with Gasteiger partial charge in [-0.15, -0.1) is 11.3 Å². The highest BCUT2D eigenvalue weighted by Gasteiger charge is 2.47. The molecule has 28 heavy (non-hydrogen) atoms. The number of aromatic nitrogens is 2. The minimum Gasteiger partial charge on any atom is -0.303 e. The molecule has 0 aliphatic heterocycles. The van der Waals surface area contributed by atoms with Crippen LogP contribution in [0.15, 0.2) is 29.9 Å². The number of rotatable bonds is 10. The average Bonchev–Trinajstić information content (AvgIpc) is 3.14. The van der Waals surface area contributed by atoms with E-state index in [1.54, 1.807) is 12.4 Å². The molecule has 152 valence electrons. The Morgan fingerprint density at radius 2 is 1.89 bits per heavy atom. The van der Waals surface area contributed by atoms with Crippen molar-refractivity contribution in [1.29, 1.82) is 0 Å². The predicted octanol–water partition coefficient (Wildman–Crippen LogP) is 5.59. The standard InChI is InChI=1S/C22H31N3O2S/c1-16(2)22(5,11-7-6-8-14-26)21(3,4)19(27)25-20-24-18(15-28-20)17-9-12-23-13-10-17/h9-10,12-16H,6-8,11H2,1-5H3,(H,24,25,27). The van der Waals surface area contributed by atoms with Gasteiger partial charge in [0.2, 0.25) is 5.91 Å². The van der Waals surface area contributed by atoms with E-state index in [0.29, 0.717) is 17.5 Å². The number of hydrogen-bond acceptors (Lipinski definition) is 5. The van der Waals surface area contributed by atoms with E-state index in [2.05, 4.69) is 36.1 Å². The number of amides is 1. The SMILES string of the molecule is CC(C)C(C)(CCCCC=O)C(C)(C)C(=O)Nc1nc(-c2ccncc2)cs1. The Morgan fingerprint density at radius 1 is 1.21 bits per heavy atom. The third-order valence-corrected chi connectivity index (χ3v) is 7.00. The van der Waals surface area contributed by atoms with Gasteiger partial charge in [-0.2, -0.15) is 0 Å². The molecule has 0 aliphatic rings. The van der Waals surface area contributed by atoms with Gasteiger partial charge in [0.1, 0.15) is 6.29 Å². The molecule has 1 amide bonds. The van der Waals surface area contributed by atoms with Gasteiger partial charge in [-0.1, -0.05) is 41.0 Å². The van der Waals surface area contributed by atoms with Crippen molar-refractivity contribution in [3.63, 3.8) is 0 Å². The van der Waals surface area contributed by atoms with Gasteiger partial charge >= 0.3 is 0 Å². The summed E-state index contributed by atoms with van der Waals surface area (Å²) in [6.45, 7) is 10.5. The highest BCUT2D eigenvalue weighted by atomic mass is 32.1. The molecule has 0 aromatic carbocycles. The third kappa shape index (κ3) is 4.85. The van der Waals surface area contributed by atoms with Crippen molar-refractivity contribution in [3.05, 3.63) is 29.9 Å². The van der Waals surface area contributed by atoms with E-state index in [0.717, 1.165) is 36.8 Å². The first kappa shape index (κ1) is 22.2. The number of nitrogens with zero attached hydrogens (tertiary/aromatic N) is 2. The summed E-state index contributed by atoms with van der Waals surface area (Å²) in [5, 5.41) is 5.58. The minimum absolute atomic E-state index is 0.0188. The summed E-state index contributed by atoms with van der Waals surface area (Å²) in [6, 6.07) is 3.81. The normalized spacial score (nSPS) is 13.9. The molecule has 2 heterocycles. The summed E-state index contributed by atoms with van der Waals surface area (Å²) >= 11 is 1.43. The van der Waals surface area contributed by atoms with Crippen molar-refractivity contribution < 1.29 is 9.59 Å². The number of carbonyl (C=O) groups is 2. The zero-order chi connectivity index (χ0) is 20.8. The Bertz CT molecular complexity index is 786. The lowest BCUT2D eigenvalue weighted by molar-refractivity contribution is -0.133. The average molecular weight is 402 g/mol. The summed E-state index contributed by atoms with van der Waals surface area (Å²) in [5.41, 5.74) is 1.05. The Balaban J connectivity index is 2.13. The number of thiazole rings is 1. The summed E-state index contributed by atoms with van der Waals surface area (Å²) in [5.74, 6) is 0.308. The second-order valence-electron chi connectivity index (χ2n) is 8.34. The summed E-state index contributed by atoms with van der Waals surface area (Å²) in [7, 11) is 0. The third-order valence-electron chi connectivity index (χ3n) is 6.24. The maximum atomic E-state index is 13.2. The van der Waals surface area contributed by atoms with Gasteiger partial charge in [-0.3, -0.25) is 9.78 Å². The van der Waals surface area contributed by atoms with E-state index >= 15 is 0 Å². The maximum Gasteiger partial charge on any atom is 0.232 e. The van der Waals surface area contributed by atoms with Crippen LogP contribution < -0.4 is 5.32 Å². The van der Waals surface area contributed by atoms with E-state index in [4.69, 9.17) is 0 Å². The van der Waals surface area contributed by atoms with Crippen molar-refractivity contribution in [2.45, 2.75) is 60.3 Å². The van der Waals surface area contributed by atoms with Crippen LogP contribution in [-0.4, -0.2) is 22.2 Å². The lowest BCUT2D eigenvalue weighted by atomic mass is 9.58. The maximum absolute atomic E-state index is 13.2. The molecular weight excluding hydrogens is 370 g/mol. The van der Waals surface area contributed by atoms with Gasteiger partial charge in [0, 0.05) is 35.2 Å². The first-order valence-corrected chi connectivity index (χ1v) is 10.7. The molecule has 0 radical (unpaired) electrons. The molecule has 2 aromatic heterocycles. The Morgan fingerprint density at radius 3 is 2.50 bits per heavy atom. The molecule has 1 N–H and O–H groups in total. The van der Waals surface area contributed by atoms with Crippen molar-refractivity contribution in [2.75, 3.05) is 5.32 Å². The Hall–Kier alpha value is -2.08. The first-order chi connectivity index (χ1) is 13.2. The molecule has 6 heteroatoms. The molecular formula is C22H31N3O2S. The van der Waals surface area contributed by atoms with Gasteiger partial charge in [0.05, 0.1) is 5.69 Å². The largest absolute Gasteiger partial charge is 0.303 e. The van der Waals surface area contributed by atoms with Crippen LogP contribution in [0.4, 0.5) is 5.13 Å². The summed E-state index contributed by atoms with van der Waals surface area (Å²) in [6.07, 6.45) is 7.71. The molecule has 0 fully saturated rings. The number of hydrogen-bond donors (Lipinski definition) is 1. The molecule has 1 unspecified atom stereocenters. The van der Waals surface area contributed by atoms with E-state index in [1.165, 1.54) is 11.3 Å². The molecule has 0 spiro atoms. The molecule has 0 aliphatic carbocycles. The highest BCUT2D eigenvalue weighted by Crippen LogP contribution is 2.49. The van der Waals surface area contributed by atoms with Gasteiger partial charge in [0.15, 0.2) is 5.13 Å². The van der Waals surface area contributed by atoms with Gasteiger partial charge < -0.3 is 10.1 Å². The second-order valence-corrected chi connectivity index (χ2v) is 9.20. The smallest absolute Gasteiger partial charge is 0.232 e. The fourth-order valence-corrected chi connectivity index (χ4v) is 4.26. The molecule has 2 rings (SSSR count). The molecule has 0 saturated carbocycles. The number of unbranched alkanes of at least 4 members (excludes halogenated alkanes) is 2. The fourth-order valence-electron chi connectivity index (χ4n) is 3.54. The van der Waals surface area contributed by atoms with Crippen LogP contribution in [0.2, 0.25) is 0 Å². The fraction of sp³-hybridized carbons (Fsp3) is 0.545. The van der Waals surface area contributed by atoms with Crippen LogP contribution >= 0.6 is 11.3 Å². The molecule has 5 nitrogen and oxygen atoms in total. The van der Waals surface area contributed by atoms with Crippen molar-refractivity contribution in [2.24, 2.45) is 16.7 Å². The summed E-state index contributed by atoms with van der Waals surface area (Å²) < 4.78 is 0. The predicted molar refractivity (Wildman–Crippen MR) is 115 cm³/mol. The topological polar surface area (TPSA) is 72.0 Å². The molecule has 1 atom stereocenters. The van der Waals surface area contributed by atoms with Crippen molar-refractivity contribution in [3.8, 4) is 11.3 Å². The van der Waals surface area contributed by atoms with Gasteiger partial charge in [-0.05, 0) is 36.3 Å². The molecule has 2 aromatic rings. The van der Waals surface area contributed by atoms with Gasteiger partial charge in [-0.25, -0.2) is 4.98 Å². The first-order valence-electron chi connectivity index (χ1n) is 9.83. The molecule has 0 saturated heterocycles. The van der Waals surface area contributed by atoms with Crippen LogP contribution in [0.25, 0.3) is 11.3 Å².